The molecule has 0 aliphatic heterocycles. The molecule has 1 heterocycles. The van der Waals surface area contributed by atoms with Crippen LogP contribution in [0.1, 0.15) is 23.9 Å². The standard InChI is InChI=1S/C23H26FN5O3S/c1-4-29-19(12-25-20(30)13-32-22-15(2)8-7-9-16(22)3)27-28-23(29)33-14-21(31)26-18-11-6-5-10-17(18)24/h5-11H,4,12-14H2,1-3H3,(H,25,30)(H,26,31). The zero-order chi connectivity index (χ0) is 23.8. The summed E-state index contributed by atoms with van der Waals surface area (Å²) in [5, 5.41) is 14.1. The van der Waals surface area contributed by atoms with Gasteiger partial charge in [-0.1, -0.05) is 42.1 Å². The first kappa shape index (κ1) is 24.2. The van der Waals surface area contributed by atoms with E-state index >= 15 is 0 Å². The number of thioether (sulfide) groups is 1. The quantitative estimate of drug-likeness (QED) is 0.440. The first-order valence-electron chi connectivity index (χ1n) is 10.4. The fourth-order valence-corrected chi connectivity index (χ4v) is 3.97. The summed E-state index contributed by atoms with van der Waals surface area (Å²) in [6, 6.07) is 11.8. The summed E-state index contributed by atoms with van der Waals surface area (Å²) in [5.41, 5.74) is 2.06. The fourth-order valence-electron chi connectivity index (χ4n) is 3.15. The van der Waals surface area contributed by atoms with Crippen LogP contribution in [0, 0.1) is 19.7 Å². The molecular formula is C23H26FN5O3S. The lowest BCUT2D eigenvalue weighted by Crippen LogP contribution is -2.29. The van der Waals surface area contributed by atoms with Gasteiger partial charge in [-0.25, -0.2) is 4.39 Å². The lowest BCUT2D eigenvalue weighted by atomic mass is 10.1. The summed E-state index contributed by atoms with van der Waals surface area (Å²) < 4.78 is 21.2. The lowest BCUT2D eigenvalue weighted by Gasteiger charge is -2.12. The number of aromatic nitrogens is 3. The Bertz CT molecular complexity index is 1110. The van der Waals surface area contributed by atoms with Gasteiger partial charge in [0, 0.05) is 6.54 Å². The summed E-state index contributed by atoms with van der Waals surface area (Å²) in [5.74, 6) is 0.192. The average Bonchev–Trinajstić information content (AvgIpc) is 3.19. The number of benzene rings is 2. The Balaban J connectivity index is 1.51. The van der Waals surface area contributed by atoms with E-state index in [9.17, 15) is 14.0 Å². The number of hydrogen-bond acceptors (Lipinski definition) is 6. The van der Waals surface area contributed by atoms with Crippen LogP contribution < -0.4 is 15.4 Å². The molecule has 0 radical (unpaired) electrons. The van der Waals surface area contributed by atoms with Crippen LogP contribution in [0.5, 0.6) is 5.75 Å². The SMILES string of the molecule is CCn1c(CNC(=O)COc2c(C)cccc2C)nnc1SCC(=O)Nc1ccccc1F. The van der Waals surface area contributed by atoms with Crippen LogP contribution in [-0.4, -0.2) is 38.9 Å². The van der Waals surface area contributed by atoms with Gasteiger partial charge < -0.3 is 19.9 Å². The highest BCUT2D eigenvalue weighted by Gasteiger charge is 2.15. The van der Waals surface area contributed by atoms with Gasteiger partial charge in [0.1, 0.15) is 11.6 Å². The molecule has 0 saturated heterocycles. The minimum Gasteiger partial charge on any atom is -0.483 e. The third kappa shape index (κ3) is 6.55. The predicted molar refractivity (Wildman–Crippen MR) is 125 cm³/mol. The third-order valence-corrected chi connectivity index (χ3v) is 5.76. The minimum atomic E-state index is -0.493. The molecule has 0 aliphatic rings. The van der Waals surface area contributed by atoms with Gasteiger partial charge in [-0.2, -0.15) is 0 Å². The summed E-state index contributed by atoms with van der Waals surface area (Å²) in [6.07, 6.45) is 0. The van der Waals surface area contributed by atoms with Crippen LogP contribution >= 0.6 is 11.8 Å². The van der Waals surface area contributed by atoms with E-state index in [2.05, 4.69) is 20.8 Å². The van der Waals surface area contributed by atoms with Crippen molar-refractivity contribution in [3.63, 3.8) is 0 Å². The molecule has 10 heteroatoms. The molecule has 0 fully saturated rings. The number of ether oxygens (including phenoxy) is 1. The van der Waals surface area contributed by atoms with Crippen molar-refractivity contribution in [2.45, 2.75) is 39.0 Å². The number of rotatable bonds is 10. The summed E-state index contributed by atoms with van der Waals surface area (Å²) >= 11 is 1.19. The number of para-hydroxylation sites is 2. The molecule has 3 aromatic rings. The molecule has 0 bridgehead atoms. The van der Waals surface area contributed by atoms with Gasteiger partial charge in [0.05, 0.1) is 18.0 Å². The van der Waals surface area contributed by atoms with Gasteiger partial charge in [0.25, 0.3) is 5.91 Å². The van der Waals surface area contributed by atoms with E-state index in [1.807, 2.05) is 43.5 Å². The van der Waals surface area contributed by atoms with Crippen LogP contribution in [0.4, 0.5) is 10.1 Å². The molecule has 1 aromatic heterocycles. The van der Waals surface area contributed by atoms with Crippen molar-refractivity contribution in [1.29, 1.82) is 0 Å². The maximum absolute atomic E-state index is 13.7. The Morgan fingerprint density at radius 1 is 1.06 bits per heavy atom. The van der Waals surface area contributed by atoms with Crippen LogP contribution in [0.2, 0.25) is 0 Å². The molecule has 0 aliphatic carbocycles. The van der Waals surface area contributed by atoms with Crippen molar-refractivity contribution in [3.05, 3.63) is 65.2 Å². The van der Waals surface area contributed by atoms with Gasteiger partial charge in [-0.3, -0.25) is 9.59 Å². The van der Waals surface area contributed by atoms with Crippen LogP contribution in [-0.2, 0) is 22.7 Å². The van der Waals surface area contributed by atoms with E-state index in [0.29, 0.717) is 23.3 Å². The maximum Gasteiger partial charge on any atom is 0.258 e. The highest BCUT2D eigenvalue weighted by Crippen LogP contribution is 2.22. The van der Waals surface area contributed by atoms with E-state index in [1.54, 1.807) is 12.1 Å². The van der Waals surface area contributed by atoms with Crippen molar-refractivity contribution >= 4 is 29.3 Å². The second-order valence-corrected chi connectivity index (χ2v) is 8.19. The number of aryl methyl sites for hydroxylation is 2. The van der Waals surface area contributed by atoms with Gasteiger partial charge >= 0.3 is 0 Å². The minimum absolute atomic E-state index is 0.0441. The zero-order valence-corrected chi connectivity index (χ0v) is 19.5. The normalized spacial score (nSPS) is 10.7. The monoisotopic (exact) mass is 471 g/mol. The van der Waals surface area contributed by atoms with Gasteiger partial charge in [0.2, 0.25) is 5.91 Å². The molecule has 0 unspecified atom stereocenters. The Hall–Kier alpha value is -3.40. The molecule has 2 N–H and O–H groups in total. The first-order chi connectivity index (χ1) is 15.9. The molecule has 2 amide bonds. The van der Waals surface area contributed by atoms with Crippen molar-refractivity contribution in [2.75, 3.05) is 17.7 Å². The van der Waals surface area contributed by atoms with E-state index in [4.69, 9.17) is 4.74 Å². The third-order valence-electron chi connectivity index (χ3n) is 4.79. The molecule has 2 aromatic carbocycles. The molecule has 3 rings (SSSR count). The average molecular weight is 472 g/mol. The van der Waals surface area contributed by atoms with Crippen LogP contribution in [0.15, 0.2) is 47.6 Å². The van der Waals surface area contributed by atoms with Crippen molar-refractivity contribution < 1.29 is 18.7 Å². The summed E-state index contributed by atoms with van der Waals surface area (Å²) in [7, 11) is 0. The number of carbonyl (C=O) groups excluding carboxylic acids is 2. The van der Waals surface area contributed by atoms with E-state index in [1.165, 1.54) is 23.9 Å². The zero-order valence-electron chi connectivity index (χ0n) is 18.7. The van der Waals surface area contributed by atoms with Crippen molar-refractivity contribution in [3.8, 4) is 5.75 Å². The molecule has 33 heavy (non-hydrogen) atoms. The number of hydrogen-bond donors (Lipinski definition) is 2. The molecule has 0 atom stereocenters. The number of amides is 2. The van der Waals surface area contributed by atoms with Crippen molar-refractivity contribution in [2.24, 2.45) is 0 Å². The van der Waals surface area contributed by atoms with E-state index in [0.717, 1.165) is 11.1 Å². The highest BCUT2D eigenvalue weighted by molar-refractivity contribution is 7.99. The number of carbonyl (C=O) groups is 2. The van der Waals surface area contributed by atoms with E-state index in [-0.39, 0.29) is 36.4 Å². The van der Waals surface area contributed by atoms with Crippen molar-refractivity contribution in [1.82, 2.24) is 20.1 Å². The second-order valence-electron chi connectivity index (χ2n) is 7.25. The molecule has 174 valence electrons. The fraction of sp³-hybridized carbons (Fsp3) is 0.304. The molecule has 0 saturated carbocycles. The molecule has 0 spiro atoms. The second kappa shape index (κ2) is 11.5. The van der Waals surface area contributed by atoms with Gasteiger partial charge in [-0.05, 0) is 44.0 Å². The topological polar surface area (TPSA) is 98.1 Å². The Kier molecular flexibility index (Phi) is 8.42. The maximum atomic E-state index is 13.7. The molecular weight excluding hydrogens is 445 g/mol. The summed E-state index contributed by atoms with van der Waals surface area (Å²) in [4.78, 5) is 24.4. The summed E-state index contributed by atoms with van der Waals surface area (Å²) in [6.45, 7) is 6.41. The Morgan fingerprint density at radius 2 is 1.79 bits per heavy atom. The Morgan fingerprint density at radius 3 is 2.48 bits per heavy atom. The highest BCUT2D eigenvalue weighted by atomic mass is 32.2. The number of nitrogens with one attached hydrogen (secondary N) is 2. The number of nitrogens with zero attached hydrogens (tertiary/aromatic N) is 3. The van der Waals surface area contributed by atoms with Crippen LogP contribution in [0.3, 0.4) is 0 Å². The lowest BCUT2D eigenvalue weighted by molar-refractivity contribution is -0.123. The van der Waals surface area contributed by atoms with Crippen LogP contribution in [0.25, 0.3) is 0 Å². The largest absolute Gasteiger partial charge is 0.483 e. The number of anilines is 1. The van der Waals surface area contributed by atoms with Gasteiger partial charge in [-0.15, -0.1) is 10.2 Å². The number of halogens is 1. The first-order valence-corrected chi connectivity index (χ1v) is 11.4. The predicted octanol–water partition coefficient (Wildman–Crippen LogP) is 3.48. The molecule has 8 nitrogen and oxygen atoms in total. The van der Waals surface area contributed by atoms with Gasteiger partial charge in [0.15, 0.2) is 17.6 Å². The van der Waals surface area contributed by atoms with E-state index < -0.39 is 5.82 Å². The Labute approximate surface area is 195 Å². The smallest absolute Gasteiger partial charge is 0.258 e.